The second-order valence-electron chi connectivity index (χ2n) is 6.50. The van der Waals surface area contributed by atoms with Crippen molar-refractivity contribution in [2.45, 2.75) is 51.0 Å². The van der Waals surface area contributed by atoms with Gasteiger partial charge in [-0.3, -0.25) is 4.79 Å². The summed E-state index contributed by atoms with van der Waals surface area (Å²) in [6.45, 7) is 2.73. The van der Waals surface area contributed by atoms with Gasteiger partial charge in [0.25, 0.3) is 0 Å². The maximum Gasteiger partial charge on any atom is 0.169 e. The van der Waals surface area contributed by atoms with Crippen molar-refractivity contribution < 1.29 is 14.3 Å². The number of Topliss-reactive ketones (excluding diaryl/α,β-unsaturated/α-hetero) is 1. The van der Waals surface area contributed by atoms with E-state index < -0.39 is 0 Å². The van der Waals surface area contributed by atoms with Crippen molar-refractivity contribution >= 4 is 5.78 Å². The molecule has 114 valence electrons. The maximum absolute atomic E-state index is 12.9. The lowest BCUT2D eigenvalue weighted by Crippen LogP contribution is -2.39. The van der Waals surface area contributed by atoms with E-state index in [2.05, 4.69) is 0 Å². The predicted molar refractivity (Wildman–Crippen MR) is 81.9 cm³/mol. The first-order valence-corrected chi connectivity index (χ1v) is 7.96. The van der Waals surface area contributed by atoms with Crippen LogP contribution in [0.15, 0.2) is 18.2 Å². The Bertz CT molecular complexity index is 529. The van der Waals surface area contributed by atoms with Gasteiger partial charge in [-0.2, -0.15) is 0 Å². The van der Waals surface area contributed by atoms with E-state index >= 15 is 0 Å². The monoisotopic (exact) mass is 288 g/mol. The predicted octanol–water partition coefficient (Wildman–Crippen LogP) is 3.93. The Hall–Kier alpha value is -1.35. The van der Waals surface area contributed by atoms with Crippen LogP contribution in [0, 0.1) is 12.8 Å². The first-order chi connectivity index (χ1) is 10.1. The molecule has 3 nitrogen and oxygen atoms in total. The van der Waals surface area contributed by atoms with E-state index in [0.29, 0.717) is 12.4 Å². The first kappa shape index (κ1) is 14.6. The Morgan fingerprint density at radius 2 is 2.10 bits per heavy atom. The molecule has 0 bridgehead atoms. The van der Waals surface area contributed by atoms with Crippen molar-refractivity contribution in [3.8, 4) is 5.75 Å². The standard InChI is InChI=1S/C18H24O3/c1-13-5-6-16(20-2)15(11-13)17(19)14-7-10-21-18(12-14)8-3-4-9-18/h5-6,11,14H,3-4,7-10,12H2,1-2H3. The normalized spacial score (nSPS) is 24.2. The quantitative estimate of drug-likeness (QED) is 0.791. The summed E-state index contributed by atoms with van der Waals surface area (Å²) >= 11 is 0. The first-order valence-electron chi connectivity index (χ1n) is 7.96. The topological polar surface area (TPSA) is 35.5 Å². The van der Waals surface area contributed by atoms with Gasteiger partial charge in [-0.1, -0.05) is 24.5 Å². The third-order valence-electron chi connectivity index (χ3n) is 5.00. The molecule has 21 heavy (non-hydrogen) atoms. The second-order valence-corrected chi connectivity index (χ2v) is 6.50. The highest BCUT2D eigenvalue weighted by molar-refractivity contribution is 6.00. The van der Waals surface area contributed by atoms with Crippen LogP contribution in [0.3, 0.4) is 0 Å². The van der Waals surface area contributed by atoms with Gasteiger partial charge in [0.1, 0.15) is 5.75 Å². The molecule has 0 radical (unpaired) electrons. The molecule has 1 atom stereocenters. The van der Waals surface area contributed by atoms with Gasteiger partial charge in [-0.25, -0.2) is 0 Å². The summed E-state index contributed by atoms with van der Waals surface area (Å²) in [6, 6.07) is 5.84. The minimum absolute atomic E-state index is 0.0182. The number of ketones is 1. The molecule has 3 rings (SSSR count). The molecule has 0 N–H and O–H groups in total. The molecule has 1 aliphatic carbocycles. The highest BCUT2D eigenvalue weighted by Crippen LogP contribution is 2.43. The molecule has 1 saturated heterocycles. The van der Waals surface area contributed by atoms with Crippen molar-refractivity contribution in [3.63, 3.8) is 0 Å². The summed E-state index contributed by atoms with van der Waals surface area (Å²) in [7, 11) is 1.63. The Morgan fingerprint density at radius 1 is 1.33 bits per heavy atom. The van der Waals surface area contributed by atoms with Crippen molar-refractivity contribution in [2.24, 2.45) is 5.92 Å². The molecule has 1 unspecified atom stereocenters. The zero-order valence-corrected chi connectivity index (χ0v) is 13.0. The summed E-state index contributed by atoms with van der Waals surface area (Å²) in [4.78, 5) is 12.9. The van der Waals surface area contributed by atoms with E-state index in [9.17, 15) is 4.79 Å². The molecule has 2 fully saturated rings. The molecule has 1 heterocycles. The molecular formula is C18H24O3. The minimum Gasteiger partial charge on any atom is -0.496 e. The van der Waals surface area contributed by atoms with E-state index in [1.807, 2.05) is 25.1 Å². The summed E-state index contributed by atoms with van der Waals surface area (Å²) < 4.78 is 11.4. The average molecular weight is 288 g/mol. The summed E-state index contributed by atoms with van der Waals surface area (Å²) in [5, 5.41) is 0. The smallest absolute Gasteiger partial charge is 0.169 e. The van der Waals surface area contributed by atoms with Crippen LogP contribution in [-0.2, 0) is 4.74 Å². The van der Waals surface area contributed by atoms with Crippen molar-refractivity contribution in [1.29, 1.82) is 0 Å². The zero-order valence-electron chi connectivity index (χ0n) is 13.0. The number of ether oxygens (including phenoxy) is 2. The van der Waals surface area contributed by atoms with Crippen molar-refractivity contribution in [2.75, 3.05) is 13.7 Å². The number of methoxy groups -OCH3 is 1. The third-order valence-corrected chi connectivity index (χ3v) is 5.00. The molecule has 0 amide bonds. The highest BCUT2D eigenvalue weighted by Gasteiger charge is 2.42. The lowest BCUT2D eigenvalue weighted by Gasteiger charge is -2.37. The van der Waals surface area contributed by atoms with Gasteiger partial charge in [0, 0.05) is 12.5 Å². The molecule has 0 aromatic heterocycles. The third kappa shape index (κ3) is 2.84. The highest BCUT2D eigenvalue weighted by atomic mass is 16.5. The van der Waals surface area contributed by atoms with E-state index in [1.165, 1.54) is 12.8 Å². The fraction of sp³-hybridized carbons (Fsp3) is 0.611. The molecular weight excluding hydrogens is 264 g/mol. The van der Waals surface area contributed by atoms with Gasteiger partial charge in [0.15, 0.2) is 5.78 Å². The Labute approximate surface area is 126 Å². The number of hydrogen-bond donors (Lipinski definition) is 0. The van der Waals surface area contributed by atoms with Gasteiger partial charge >= 0.3 is 0 Å². The lowest BCUT2D eigenvalue weighted by atomic mass is 9.80. The van der Waals surface area contributed by atoms with Gasteiger partial charge in [0.2, 0.25) is 0 Å². The van der Waals surface area contributed by atoms with E-state index in [4.69, 9.17) is 9.47 Å². The van der Waals surface area contributed by atoms with Gasteiger partial charge < -0.3 is 9.47 Å². The number of carbonyl (C=O) groups excluding carboxylic acids is 1. The number of rotatable bonds is 3. The molecule has 1 saturated carbocycles. The van der Waals surface area contributed by atoms with Crippen LogP contribution in [0.1, 0.15) is 54.4 Å². The fourth-order valence-corrected chi connectivity index (χ4v) is 3.85. The van der Waals surface area contributed by atoms with Crippen molar-refractivity contribution in [1.82, 2.24) is 0 Å². The Morgan fingerprint density at radius 3 is 2.81 bits per heavy atom. The molecule has 1 aromatic rings. The van der Waals surface area contributed by atoms with Crippen LogP contribution in [0.2, 0.25) is 0 Å². The molecule has 1 aromatic carbocycles. The SMILES string of the molecule is COc1ccc(C)cc1C(=O)C1CCOC2(CCCC2)C1. The van der Waals surface area contributed by atoms with Crippen LogP contribution < -0.4 is 4.74 Å². The van der Waals surface area contributed by atoms with Gasteiger partial charge in [0.05, 0.1) is 18.3 Å². The maximum atomic E-state index is 12.9. The largest absolute Gasteiger partial charge is 0.496 e. The van der Waals surface area contributed by atoms with Crippen LogP contribution in [0.4, 0.5) is 0 Å². The zero-order chi connectivity index (χ0) is 14.9. The van der Waals surface area contributed by atoms with Crippen LogP contribution >= 0.6 is 0 Å². The number of hydrogen-bond acceptors (Lipinski definition) is 3. The van der Waals surface area contributed by atoms with Crippen LogP contribution in [-0.4, -0.2) is 25.1 Å². The van der Waals surface area contributed by atoms with Gasteiger partial charge in [-0.15, -0.1) is 0 Å². The van der Waals surface area contributed by atoms with Gasteiger partial charge in [-0.05, 0) is 44.7 Å². The van der Waals surface area contributed by atoms with Crippen LogP contribution in [0.5, 0.6) is 5.75 Å². The lowest BCUT2D eigenvalue weighted by molar-refractivity contribution is -0.0866. The number of carbonyl (C=O) groups is 1. The minimum atomic E-state index is -0.0182. The molecule has 1 aliphatic heterocycles. The molecule has 1 spiro atoms. The van der Waals surface area contributed by atoms with E-state index in [-0.39, 0.29) is 17.3 Å². The Balaban J connectivity index is 1.83. The van der Waals surface area contributed by atoms with E-state index in [1.54, 1.807) is 7.11 Å². The average Bonchev–Trinajstić information content (AvgIpc) is 2.94. The number of benzene rings is 1. The summed E-state index contributed by atoms with van der Waals surface area (Å²) in [6.07, 6.45) is 6.40. The fourth-order valence-electron chi connectivity index (χ4n) is 3.85. The second kappa shape index (κ2) is 5.80. The van der Waals surface area contributed by atoms with Crippen LogP contribution in [0.25, 0.3) is 0 Å². The number of aryl methyl sites for hydroxylation is 1. The Kier molecular flexibility index (Phi) is 4.03. The molecule has 2 aliphatic rings. The van der Waals surface area contributed by atoms with Crippen molar-refractivity contribution in [3.05, 3.63) is 29.3 Å². The molecule has 3 heteroatoms. The summed E-state index contributed by atoms with van der Waals surface area (Å²) in [5.74, 6) is 0.996. The summed E-state index contributed by atoms with van der Waals surface area (Å²) in [5.41, 5.74) is 1.81. The van der Waals surface area contributed by atoms with E-state index in [0.717, 1.165) is 36.8 Å².